The van der Waals surface area contributed by atoms with Crippen molar-refractivity contribution in [2.45, 2.75) is 23.3 Å². The topological polar surface area (TPSA) is 29.5 Å². The molecule has 82 valence electrons. The van der Waals surface area contributed by atoms with Gasteiger partial charge in [0.05, 0.1) is 17.6 Å². The number of halogens is 1. The van der Waals surface area contributed by atoms with E-state index >= 15 is 0 Å². The summed E-state index contributed by atoms with van der Waals surface area (Å²) in [5, 5.41) is 10.0. The zero-order chi connectivity index (χ0) is 11.1. The number of rotatable bonds is 3. The van der Waals surface area contributed by atoms with Crippen LogP contribution >= 0.6 is 11.8 Å². The highest BCUT2D eigenvalue weighted by Crippen LogP contribution is 2.50. The maximum absolute atomic E-state index is 13.3. The van der Waals surface area contributed by atoms with Crippen molar-refractivity contribution in [1.29, 1.82) is 0 Å². The van der Waals surface area contributed by atoms with Crippen LogP contribution in [-0.2, 0) is 5.60 Å². The van der Waals surface area contributed by atoms with E-state index in [-0.39, 0.29) is 5.82 Å². The molecule has 2 rings (SSSR count). The molecule has 0 amide bonds. The van der Waals surface area contributed by atoms with E-state index in [1.54, 1.807) is 7.11 Å². The summed E-state index contributed by atoms with van der Waals surface area (Å²) < 4.78 is 18.6. The van der Waals surface area contributed by atoms with Gasteiger partial charge in [-0.25, -0.2) is 4.39 Å². The van der Waals surface area contributed by atoms with Crippen LogP contribution in [0.1, 0.15) is 18.4 Å². The highest BCUT2D eigenvalue weighted by molar-refractivity contribution is 7.98. The van der Waals surface area contributed by atoms with Crippen LogP contribution in [0, 0.1) is 5.82 Å². The van der Waals surface area contributed by atoms with Crippen LogP contribution in [-0.4, -0.2) is 18.5 Å². The third-order valence-corrected chi connectivity index (χ3v) is 3.41. The molecule has 0 spiro atoms. The number of hydrogen-bond acceptors (Lipinski definition) is 3. The molecule has 15 heavy (non-hydrogen) atoms. The molecule has 1 fully saturated rings. The molecule has 0 saturated heterocycles. The summed E-state index contributed by atoms with van der Waals surface area (Å²) in [5.74, 6) is 0.277. The van der Waals surface area contributed by atoms with Gasteiger partial charge < -0.3 is 9.84 Å². The van der Waals surface area contributed by atoms with Crippen molar-refractivity contribution < 1.29 is 14.2 Å². The van der Waals surface area contributed by atoms with Crippen molar-refractivity contribution in [3.8, 4) is 5.75 Å². The quantitative estimate of drug-likeness (QED) is 0.806. The second-order valence-corrected chi connectivity index (χ2v) is 4.57. The minimum absolute atomic E-state index is 0.324. The molecule has 4 heteroatoms. The highest BCUT2D eigenvalue weighted by atomic mass is 32.2. The number of thioether (sulfide) groups is 1. The van der Waals surface area contributed by atoms with E-state index < -0.39 is 5.60 Å². The number of aliphatic hydroxyl groups is 1. The Hall–Kier alpha value is -0.740. The lowest BCUT2D eigenvalue weighted by atomic mass is 10.1. The number of ether oxygens (including phenoxy) is 1. The second-order valence-electron chi connectivity index (χ2n) is 3.72. The molecule has 1 aromatic carbocycles. The van der Waals surface area contributed by atoms with Crippen LogP contribution in [0.25, 0.3) is 0 Å². The predicted molar refractivity (Wildman–Crippen MR) is 57.9 cm³/mol. The zero-order valence-electron chi connectivity index (χ0n) is 8.71. The lowest BCUT2D eigenvalue weighted by Crippen LogP contribution is -2.08. The molecule has 1 aromatic rings. The van der Waals surface area contributed by atoms with E-state index in [4.69, 9.17) is 4.74 Å². The van der Waals surface area contributed by atoms with E-state index in [0.717, 1.165) is 4.90 Å². The van der Waals surface area contributed by atoms with E-state index in [1.165, 1.54) is 23.9 Å². The Kier molecular flexibility index (Phi) is 2.64. The molecule has 1 saturated carbocycles. The summed E-state index contributed by atoms with van der Waals surface area (Å²) >= 11 is 1.42. The van der Waals surface area contributed by atoms with Gasteiger partial charge in [0.15, 0.2) is 0 Å². The van der Waals surface area contributed by atoms with Crippen LogP contribution < -0.4 is 4.74 Å². The fraction of sp³-hybridized carbons (Fsp3) is 0.455. The number of methoxy groups -OCH3 is 1. The molecule has 0 radical (unpaired) electrons. The van der Waals surface area contributed by atoms with Crippen molar-refractivity contribution >= 4 is 11.8 Å². The van der Waals surface area contributed by atoms with Crippen LogP contribution in [0.2, 0.25) is 0 Å². The molecule has 0 aromatic heterocycles. The summed E-state index contributed by atoms with van der Waals surface area (Å²) in [6, 6.07) is 2.80. The average Bonchev–Trinajstić information content (AvgIpc) is 2.96. The molecular formula is C11H13FO2S. The lowest BCUT2D eigenvalue weighted by molar-refractivity contribution is 0.146. The lowest BCUT2D eigenvalue weighted by Gasteiger charge is -2.16. The summed E-state index contributed by atoms with van der Waals surface area (Å²) in [6.07, 6.45) is 3.22. The Morgan fingerprint density at radius 1 is 1.47 bits per heavy atom. The summed E-state index contributed by atoms with van der Waals surface area (Å²) in [7, 11) is 1.54. The summed E-state index contributed by atoms with van der Waals surface area (Å²) in [6.45, 7) is 0. The van der Waals surface area contributed by atoms with Crippen LogP contribution in [0.3, 0.4) is 0 Å². The first-order valence-electron chi connectivity index (χ1n) is 4.75. The van der Waals surface area contributed by atoms with Gasteiger partial charge in [0, 0.05) is 5.56 Å². The molecule has 0 aliphatic heterocycles. The molecule has 0 unspecified atom stereocenters. The van der Waals surface area contributed by atoms with Crippen molar-refractivity contribution in [3.63, 3.8) is 0 Å². The van der Waals surface area contributed by atoms with E-state index in [9.17, 15) is 9.50 Å². The smallest absolute Gasteiger partial charge is 0.138 e. The van der Waals surface area contributed by atoms with Crippen LogP contribution in [0.15, 0.2) is 17.0 Å². The second kappa shape index (κ2) is 3.68. The fourth-order valence-corrected chi connectivity index (χ4v) is 2.27. The SMILES string of the molecule is COc1c(SC)cc(F)cc1C1(O)CC1. The summed E-state index contributed by atoms with van der Waals surface area (Å²) in [4.78, 5) is 0.729. The Morgan fingerprint density at radius 3 is 2.60 bits per heavy atom. The van der Waals surface area contributed by atoms with E-state index in [2.05, 4.69) is 0 Å². The van der Waals surface area contributed by atoms with Crippen molar-refractivity contribution in [2.75, 3.05) is 13.4 Å². The molecule has 0 atom stereocenters. The standard InChI is InChI=1S/C11H13FO2S/c1-14-10-8(11(13)3-4-11)5-7(12)6-9(10)15-2/h5-6,13H,3-4H2,1-2H3. The van der Waals surface area contributed by atoms with Gasteiger partial charge in [-0.3, -0.25) is 0 Å². The average molecular weight is 228 g/mol. The van der Waals surface area contributed by atoms with Gasteiger partial charge in [-0.1, -0.05) is 0 Å². The van der Waals surface area contributed by atoms with Gasteiger partial charge in [-0.15, -0.1) is 11.8 Å². The highest BCUT2D eigenvalue weighted by Gasteiger charge is 2.45. The van der Waals surface area contributed by atoms with Crippen molar-refractivity contribution in [1.82, 2.24) is 0 Å². The maximum atomic E-state index is 13.3. The molecule has 0 bridgehead atoms. The normalized spacial score (nSPS) is 17.6. The third-order valence-electron chi connectivity index (χ3n) is 2.67. The van der Waals surface area contributed by atoms with Crippen molar-refractivity contribution in [3.05, 3.63) is 23.5 Å². The van der Waals surface area contributed by atoms with Gasteiger partial charge in [0.1, 0.15) is 11.6 Å². The van der Waals surface area contributed by atoms with E-state index in [0.29, 0.717) is 24.2 Å². The van der Waals surface area contributed by atoms with E-state index in [1.807, 2.05) is 6.26 Å². The van der Waals surface area contributed by atoms with Gasteiger partial charge in [0.2, 0.25) is 0 Å². The number of benzene rings is 1. The fourth-order valence-electron chi connectivity index (χ4n) is 1.66. The van der Waals surface area contributed by atoms with Crippen LogP contribution in [0.4, 0.5) is 4.39 Å². The monoisotopic (exact) mass is 228 g/mol. The Labute approximate surface area is 92.4 Å². The van der Waals surface area contributed by atoms with Gasteiger partial charge >= 0.3 is 0 Å². The molecule has 1 aliphatic carbocycles. The van der Waals surface area contributed by atoms with Gasteiger partial charge in [-0.05, 0) is 31.2 Å². The van der Waals surface area contributed by atoms with Gasteiger partial charge in [0.25, 0.3) is 0 Å². The van der Waals surface area contributed by atoms with Crippen LogP contribution in [0.5, 0.6) is 5.75 Å². The Bertz CT molecular complexity index is 388. The molecule has 1 N–H and O–H groups in total. The third kappa shape index (κ3) is 1.84. The van der Waals surface area contributed by atoms with Gasteiger partial charge in [-0.2, -0.15) is 0 Å². The zero-order valence-corrected chi connectivity index (χ0v) is 9.53. The number of hydrogen-bond donors (Lipinski definition) is 1. The minimum Gasteiger partial charge on any atom is -0.495 e. The first-order chi connectivity index (χ1) is 7.10. The molecular weight excluding hydrogens is 215 g/mol. The first kappa shape index (κ1) is 10.8. The Morgan fingerprint density at radius 2 is 2.13 bits per heavy atom. The largest absolute Gasteiger partial charge is 0.495 e. The Balaban J connectivity index is 2.56. The molecule has 1 aliphatic rings. The summed E-state index contributed by atoms with van der Waals surface area (Å²) in [5.41, 5.74) is -0.285. The molecule has 0 heterocycles. The maximum Gasteiger partial charge on any atom is 0.138 e. The minimum atomic E-state index is -0.863. The van der Waals surface area contributed by atoms with Crippen molar-refractivity contribution in [2.24, 2.45) is 0 Å². The molecule has 2 nitrogen and oxygen atoms in total. The predicted octanol–water partition coefficient (Wildman–Crippen LogP) is 2.54. The first-order valence-corrected chi connectivity index (χ1v) is 5.97.